The van der Waals surface area contributed by atoms with E-state index in [1.807, 2.05) is 0 Å². The van der Waals surface area contributed by atoms with Crippen molar-refractivity contribution in [3.05, 3.63) is 35.2 Å². The van der Waals surface area contributed by atoms with Gasteiger partial charge in [-0.25, -0.2) is 13.6 Å². The average molecular weight is 362 g/mol. The van der Waals surface area contributed by atoms with Crippen molar-refractivity contribution >= 4 is 21.8 Å². The standard InChI is InChI=1S/C13H16F2N4O2S2/c1-4-22-13-17-16-12(11(14)15)19(13)18-23(20,21)10-7-8(2)5-6-9(10)3/h5-7,11,18H,4H2,1-3H3. The largest absolute Gasteiger partial charge is 0.299 e. The van der Waals surface area contributed by atoms with Gasteiger partial charge in [-0.05, 0) is 36.8 Å². The lowest BCUT2D eigenvalue weighted by molar-refractivity contribution is 0.136. The minimum absolute atomic E-state index is 0.0267. The zero-order valence-electron chi connectivity index (χ0n) is 12.7. The Kier molecular flexibility index (Phi) is 5.25. The van der Waals surface area contributed by atoms with Gasteiger partial charge in [0.25, 0.3) is 16.4 Å². The number of nitrogens with one attached hydrogen (secondary N) is 1. The summed E-state index contributed by atoms with van der Waals surface area (Å²) in [6.45, 7) is 5.18. The quantitative estimate of drug-likeness (QED) is 0.800. The molecule has 0 aliphatic carbocycles. The summed E-state index contributed by atoms with van der Waals surface area (Å²) in [5.74, 6) is -0.207. The summed E-state index contributed by atoms with van der Waals surface area (Å²) >= 11 is 1.11. The number of alkyl halides is 2. The summed E-state index contributed by atoms with van der Waals surface area (Å²) in [5.41, 5.74) is 1.26. The van der Waals surface area contributed by atoms with Gasteiger partial charge in [-0.15, -0.1) is 10.2 Å². The fraction of sp³-hybridized carbons (Fsp3) is 0.385. The summed E-state index contributed by atoms with van der Waals surface area (Å²) in [6, 6.07) is 4.92. The van der Waals surface area contributed by atoms with Crippen LogP contribution in [-0.2, 0) is 10.0 Å². The molecular formula is C13H16F2N4O2S2. The van der Waals surface area contributed by atoms with E-state index in [1.165, 1.54) is 6.07 Å². The molecule has 1 aromatic carbocycles. The first-order valence-electron chi connectivity index (χ1n) is 6.72. The molecule has 0 spiro atoms. The zero-order chi connectivity index (χ0) is 17.2. The normalized spacial score (nSPS) is 11.9. The smallest absolute Gasteiger partial charge is 0.212 e. The number of hydrogen-bond acceptors (Lipinski definition) is 5. The summed E-state index contributed by atoms with van der Waals surface area (Å²) in [4.78, 5) is 2.18. The van der Waals surface area contributed by atoms with Crippen LogP contribution in [0.5, 0.6) is 0 Å². The van der Waals surface area contributed by atoms with Gasteiger partial charge in [-0.3, -0.25) is 0 Å². The van der Waals surface area contributed by atoms with E-state index in [4.69, 9.17) is 0 Å². The van der Waals surface area contributed by atoms with Gasteiger partial charge in [0.05, 0.1) is 4.90 Å². The third-order valence-electron chi connectivity index (χ3n) is 2.97. The van der Waals surface area contributed by atoms with E-state index >= 15 is 0 Å². The number of aryl methyl sites for hydroxylation is 2. The number of benzene rings is 1. The van der Waals surface area contributed by atoms with Gasteiger partial charge in [0.1, 0.15) is 0 Å². The maximum Gasteiger partial charge on any atom is 0.299 e. The molecular weight excluding hydrogens is 346 g/mol. The SMILES string of the molecule is CCSc1nnc(C(F)F)n1NS(=O)(=O)c1cc(C)ccc1C. The highest BCUT2D eigenvalue weighted by molar-refractivity contribution is 7.99. The molecule has 0 saturated carbocycles. The first kappa shape index (κ1) is 17.7. The second-order valence-electron chi connectivity index (χ2n) is 4.77. The minimum Gasteiger partial charge on any atom is -0.212 e. The predicted molar refractivity (Wildman–Crippen MR) is 83.8 cm³/mol. The number of sulfonamides is 1. The Balaban J connectivity index is 2.48. The van der Waals surface area contributed by atoms with Crippen LogP contribution >= 0.6 is 11.8 Å². The second kappa shape index (κ2) is 6.83. The fourth-order valence-corrected chi connectivity index (χ4v) is 3.93. The van der Waals surface area contributed by atoms with Crippen LogP contribution in [0.1, 0.15) is 30.3 Å². The molecule has 1 aromatic heterocycles. The summed E-state index contributed by atoms with van der Waals surface area (Å²) in [5, 5.41) is 7.05. The van der Waals surface area contributed by atoms with Crippen molar-refractivity contribution in [3.63, 3.8) is 0 Å². The molecule has 10 heteroatoms. The van der Waals surface area contributed by atoms with Crippen molar-refractivity contribution < 1.29 is 17.2 Å². The summed E-state index contributed by atoms with van der Waals surface area (Å²) in [7, 11) is -4.05. The molecule has 0 bridgehead atoms. The molecule has 6 nitrogen and oxygen atoms in total. The molecule has 2 aromatic rings. The van der Waals surface area contributed by atoms with Gasteiger partial charge >= 0.3 is 0 Å². The Morgan fingerprint density at radius 3 is 2.61 bits per heavy atom. The van der Waals surface area contributed by atoms with Crippen LogP contribution in [0.25, 0.3) is 0 Å². The molecule has 0 saturated heterocycles. The van der Waals surface area contributed by atoms with Gasteiger partial charge in [-0.1, -0.05) is 30.8 Å². The maximum atomic E-state index is 13.0. The first-order chi connectivity index (χ1) is 10.8. The Bertz CT molecular complexity index is 806. The lowest BCUT2D eigenvalue weighted by Gasteiger charge is -2.14. The maximum absolute atomic E-state index is 13.0. The van der Waals surface area contributed by atoms with E-state index in [0.29, 0.717) is 11.3 Å². The van der Waals surface area contributed by atoms with E-state index < -0.39 is 22.3 Å². The van der Waals surface area contributed by atoms with Crippen LogP contribution in [0.15, 0.2) is 28.3 Å². The molecule has 1 N–H and O–H groups in total. The molecule has 2 rings (SSSR count). The van der Waals surface area contributed by atoms with Crippen molar-refractivity contribution in [2.45, 2.75) is 37.2 Å². The summed E-state index contributed by atoms with van der Waals surface area (Å²) in [6.07, 6.45) is -2.95. The van der Waals surface area contributed by atoms with Crippen molar-refractivity contribution in [1.29, 1.82) is 0 Å². The number of hydrogen-bond donors (Lipinski definition) is 1. The van der Waals surface area contributed by atoms with E-state index in [2.05, 4.69) is 15.0 Å². The highest BCUT2D eigenvalue weighted by atomic mass is 32.2. The average Bonchev–Trinajstić information content (AvgIpc) is 2.84. The molecule has 1 heterocycles. The number of thioether (sulfide) groups is 1. The molecule has 0 amide bonds. The molecule has 0 unspecified atom stereocenters. The lowest BCUT2D eigenvalue weighted by atomic mass is 10.2. The van der Waals surface area contributed by atoms with Gasteiger partial charge in [0.15, 0.2) is 0 Å². The van der Waals surface area contributed by atoms with Crippen molar-refractivity contribution in [1.82, 2.24) is 14.9 Å². The number of halogens is 2. The fourth-order valence-electron chi connectivity index (χ4n) is 1.90. The van der Waals surface area contributed by atoms with Crippen LogP contribution in [0.4, 0.5) is 8.78 Å². The predicted octanol–water partition coefficient (Wildman–Crippen LogP) is 2.88. The zero-order valence-corrected chi connectivity index (χ0v) is 14.4. The number of rotatable bonds is 6. The lowest BCUT2D eigenvalue weighted by Crippen LogP contribution is -2.26. The monoisotopic (exact) mass is 362 g/mol. The summed E-state index contributed by atoms with van der Waals surface area (Å²) < 4.78 is 51.9. The van der Waals surface area contributed by atoms with Gasteiger partial charge in [-0.2, -0.15) is 13.1 Å². The molecule has 0 fully saturated rings. The van der Waals surface area contributed by atoms with Crippen LogP contribution < -0.4 is 4.83 Å². The minimum atomic E-state index is -4.05. The molecule has 126 valence electrons. The Hall–Kier alpha value is -1.68. The van der Waals surface area contributed by atoms with Gasteiger partial charge < -0.3 is 0 Å². The first-order valence-corrected chi connectivity index (χ1v) is 9.19. The van der Waals surface area contributed by atoms with E-state index in [1.54, 1.807) is 32.9 Å². The molecule has 23 heavy (non-hydrogen) atoms. The third kappa shape index (κ3) is 3.81. The van der Waals surface area contributed by atoms with Crippen LogP contribution in [-0.4, -0.2) is 29.0 Å². The van der Waals surface area contributed by atoms with Crippen molar-refractivity contribution in [2.24, 2.45) is 0 Å². The van der Waals surface area contributed by atoms with Crippen LogP contribution in [0, 0.1) is 13.8 Å². The highest BCUT2D eigenvalue weighted by Gasteiger charge is 2.25. The van der Waals surface area contributed by atoms with E-state index in [0.717, 1.165) is 22.0 Å². The Morgan fingerprint density at radius 2 is 2.00 bits per heavy atom. The number of aromatic nitrogens is 3. The van der Waals surface area contributed by atoms with Gasteiger partial charge in [0.2, 0.25) is 11.0 Å². The third-order valence-corrected chi connectivity index (χ3v) is 5.22. The molecule has 0 aliphatic heterocycles. The van der Waals surface area contributed by atoms with Crippen LogP contribution in [0.3, 0.4) is 0 Å². The van der Waals surface area contributed by atoms with Gasteiger partial charge in [0, 0.05) is 0 Å². The molecule has 0 aliphatic rings. The molecule has 0 radical (unpaired) electrons. The van der Waals surface area contributed by atoms with Crippen molar-refractivity contribution in [3.8, 4) is 0 Å². The number of nitrogens with zero attached hydrogens (tertiary/aromatic N) is 3. The van der Waals surface area contributed by atoms with Crippen molar-refractivity contribution in [2.75, 3.05) is 10.6 Å². The van der Waals surface area contributed by atoms with E-state index in [9.17, 15) is 17.2 Å². The van der Waals surface area contributed by atoms with E-state index in [-0.39, 0.29) is 10.1 Å². The second-order valence-corrected chi connectivity index (χ2v) is 7.63. The molecule has 0 atom stereocenters. The Morgan fingerprint density at radius 1 is 1.30 bits per heavy atom. The topological polar surface area (TPSA) is 76.9 Å². The Labute approximate surface area is 137 Å². The highest BCUT2D eigenvalue weighted by Crippen LogP contribution is 2.24. The van der Waals surface area contributed by atoms with Crippen LogP contribution in [0.2, 0.25) is 0 Å².